The van der Waals surface area contributed by atoms with E-state index in [9.17, 15) is 9.90 Å². The topological polar surface area (TPSA) is 55.8 Å². The van der Waals surface area contributed by atoms with Gasteiger partial charge in [-0.3, -0.25) is 9.69 Å². The summed E-state index contributed by atoms with van der Waals surface area (Å²) in [6.45, 7) is 9.08. The Kier molecular flexibility index (Phi) is 8.22. The van der Waals surface area contributed by atoms with E-state index >= 15 is 0 Å². The SMILES string of the molecule is CCN(CCCC(C)(NC)C(=O)O)C(C)CN(C)C. The Bertz CT molecular complexity index is 271. The van der Waals surface area contributed by atoms with Gasteiger partial charge in [-0.25, -0.2) is 0 Å². The molecule has 0 fully saturated rings. The van der Waals surface area contributed by atoms with E-state index in [1.807, 2.05) is 0 Å². The zero-order chi connectivity index (χ0) is 15.1. The van der Waals surface area contributed by atoms with Gasteiger partial charge in [0.05, 0.1) is 0 Å². The number of carbonyl (C=O) groups is 1. The first-order valence-corrected chi connectivity index (χ1v) is 7.08. The van der Waals surface area contributed by atoms with Crippen molar-refractivity contribution in [3.63, 3.8) is 0 Å². The van der Waals surface area contributed by atoms with Crippen molar-refractivity contribution >= 4 is 5.97 Å². The lowest BCUT2D eigenvalue weighted by Crippen LogP contribution is -2.48. The highest BCUT2D eigenvalue weighted by Gasteiger charge is 2.30. The summed E-state index contributed by atoms with van der Waals surface area (Å²) < 4.78 is 0. The molecule has 0 aromatic heterocycles. The number of likely N-dealkylation sites (N-methyl/N-ethyl adjacent to an activating group) is 3. The molecule has 19 heavy (non-hydrogen) atoms. The lowest BCUT2D eigenvalue weighted by molar-refractivity contribution is -0.144. The van der Waals surface area contributed by atoms with E-state index in [-0.39, 0.29) is 0 Å². The van der Waals surface area contributed by atoms with Crippen molar-refractivity contribution in [2.45, 2.75) is 45.2 Å². The summed E-state index contributed by atoms with van der Waals surface area (Å²) in [7, 11) is 5.86. The van der Waals surface area contributed by atoms with Crippen molar-refractivity contribution in [1.29, 1.82) is 0 Å². The predicted molar refractivity (Wildman–Crippen MR) is 79.6 cm³/mol. The number of carboxylic acid groups (broad SMARTS) is 1. The third-order valence-electron chi connectivity index (χ3n) is 3.80. The summed E-state index contributed by atoms with van der Waals surface area (Å²) in [5.41, 5.74) is -0.815. The average molecular weight is 273 g/mol. The molecule has 2 N–H and O–H groups in total. The molecule has 0 aromatic carbocycles. The van der Waals surface area contributed by atoms with E-state index in [1.165, 1.54) is 0 Å². The molecule has 0 aliphatic rings. The number of nitrogens with one attached hydrogen (secondary N) is 1. The maximum Gasteiger partial charge on any atom is 0.323 e. The Morgan fingerprint density at radius 3 is 2.37 bits per heavy atom. The van der Waals surface area contributed by atoms with Crippen LogP contribution in [0.3, 0.4) is 0 Å². The van der Waals surface area contributed by atoms with Gasteiger partial charge >= 0.3 is 5.97 Å². The van der Waals surface area contributed by atoms with Crippen LogP contribution in [0.25, 0.3) is 0 Å². The maximum absolute atomic E-state index is 11.2. The zero-order valence-corrected chi connectivity index (χ0v) is 13.4. The molecule has 0 aliphatic carbocycles. The molecule has 114 valence electrons. The smallest absolute Gasteiger partial charge is 0.323 e. The molecule has 0 saturated carbocycles. The maximum atomic E-state index is 11.2. The normalized spacial score (nSPS) is 16.6. The van der Waals surface area contributed by atoms with Gasteiger partial charge < -0.3 is 15.3 Å². The monoisotopic (exact) mass is 273 g/mol. The Morgan fingerprint density at radius 2 is 2.00 bits per heavy atom. The van der Waals surface area contributed by atoms with Gasteiger partial charge in [-0.2, -0.15) is 0 Å². The Morgan fingerprint density at radius 1 is 1.42 bits per heavy atom. The third-order valence-corrected chi connectivity index (χ3v) is 3.80. The molecule has 0 saturated heterocycles. The molecule has 0 spiro atoms. The second-order valence-corrected chi connectivity index (χ2v) is 5.73. The first kappa shape index (κ1) is 18.4. The van der Waals surface area contributed by atoms with Crippen LogP contribution in [0.5, 0.6) is 0 Å². The largest absolute Gasteiger partial charge is 0.480 e. The van der Waals surface area contributed by atoms with E-state index in [4.69, 9.17) is 0 Å². The summed E-state index contributed by atoms with van der Waals surface area (Å²) >= 11 is 0. The summed E-state index contributed by atoms with van der Waals surface area (Å²) in [6.07, 6.45) is 1.53. The number of aliphatic carboxylic acids is 1. The number of rotatable bonds is 10. The van der Waals surface area contributed by atoms with Crippen molar-refractivity contribution in [3.8, 4) is 0 Å². The number of hydrogen-bond donors (Lipinski definition) is 2. The number of hydrogen-bond acceptors (Lipinski definition) is 4. The quantitative estimate of drug-likeness (QED) is 0.624. The molecule has 2 atom stereocenters. The minimum Gasteiger partial charge on any atom is -0.480 e. The fraction of sp³-hybridized carbons (Fsp3) is 0.929. The molecule has 0 aliphatic heterocycles. The van der Waals surface area contributed by atoms with Crippen molar-refractivity contribution < 1.29 is 9.90 Å². The van der Waals surface area contributed by atoms with Crippen molar-refractivity contribution in [2.24, 2.45) is 0 Å². The summed E-state index contributed by atoms with van der Waals surface area (Å²) in [4.78, 5) is 15.8. The van der Waals surface area contributed by atoms with E-state index < -0.39 is 11.5 Å². The van der Waals surface area contributed by atoms with Crippen molar-refractivity contribution in [1.82, 2.24) is 15.1 Å². The number of nitrogens with zero attached hydrogens (tertiary/aromatic N) is 2. The molecule has 5 heteroatoms. The molecule has 0 heterocycles. The Balaban J connectivity index is 4.25. The standard InChI is InChI=1S/C14H31N3O2/c1-7-17(12(2)11-16(5)6)10-8-9-14(3,15-4)13(18)19/h12,15H,7-11H2,1-6H3,(H,18,19). The Hall–Kier alpha value is -0.650. The molecule has 2 unspecified atom stereocenters. The fourth-order valence-electron chi connectivity index (χ4n) is 2.31. The summed E-state index contributed by atoms with van der Waals surface area (Å²) in [5.74, 6) is -0.778. The van der Waals surface area contributed by atoms with Gasteiger partial charge in [-0.1, -0.05) is 6.92 Å². The van der Waals surface area contributed by atoms with Crippen LogP contribution in [-0.4, -0.2) is 73.2 Å². The van der Waals surface area contributed by atoms with Gasteiger partial charge in [0.15, 0.2) is 0 Å². The first-order chi connectivity index (χ1) is 8.76. The highest BCUT2D eigenvalue weighted by molar-refractivity contribution is 5.78. The van der Waals surface area contributed by atoms with E-state index in [0.717, 1.165) is 26.1 Å². The van der Waals surface area contributed by atoms with Crippen LogP contribution in [0, 0.1) is 0 Å². The van der Waals surface area contributed by atoms with Crippen LogP contribution in [0.1, 0.15) is 33.6 Å². The van der Waals surface area contributed by atoms with Gasteiger partial charge in [0, 0.05) is 12.6 Å². The molecule has 5 nitrogen and oxygen atoms in total. The lowest BCUT2D eigenvalue weighted by atomic mass is 9.96. The molecule has 0 aromatic rings. The summed E-state index contributed by atoms with van der Waals surface area (Å²) in [5, 5.41) is 12.1. The van der Waals surface area contributed by atoms with E-state index in [2.05, 4.69) is 43.1 Å². The third kappa shape index (κ3) is 6.36. The average Bonchev–Trinajstić information content (AvgIpc) is 2.32. The zero-order valence-electron chi connectivity index (χ0n) is 13.4. The highest BCUT2D eigenvalue weighted by Crippen LogP contribution is 2.13. The second-order valence-electron chi connectivity index (χ2n) is 5.73. The van der Waals surface area contributed by atoms with Crippen LogP contribution in [0.4, 0.5) is 0 Å². The molecule has 0 radical (unpaired) electrons. The minimum atomic E-state index is -0.815. The fourth-order valence-corrected chi connectivity index (χ4v) is 2.31. The van der Waals surface area contributed by atoms with Gasteiger partial charge in [0.2, 0.25) is 0 Å². The molecular formula is C14H31N3O2. The minimum absolute atomic E-state index is 0.491. The molecular weight excluding hydrogens is 242 g/mol. The van der Waals surface area contributed by atoms with Crippen molar-refractivity contribution in [3.05, 3.63) is 0 Å². The van der Waals surface area contributed by atoms with E-state index in [1.54, 1.807) is 14.0 Å². The van der Waals surface area contributed by atoms with Crippen molar-refractivity contribution in [2.75, 3.05) is 40.8 Å². The van der Waals surface area contributed by atoms with Crippen LogP contribution in [0.15, 0.2) is 0 Å². The first-order valence-electron chi connectivity index (χ1n) is 7.08. The van der Waals surface area contributed by atoms with Crippen LogP contribution in [0.2, 0.25) is 0 Å². The van der Waals surface area contributed by atoms with Gasteiger partial charge in [-0.05, 0) is 60.9 Å². The Labute approximate surface area is 118 Å². The van der Waals surface area contributed by atoms with Gasteiger partial charge in [0.1, 0.15) is 5.54 Å². The van der Waals surface area contributed by atoms with Crippen LogP contribution >= 0.6 is 0 Å². The lowest BCUT2D eigenvalue weighted by Gasteiger charge is -2.31. The predicted octanol–water partition coefficient (Wildman–Crippen LogP) is 1.10. The molecule has 0 bridgehead atoms. The van der Waals surface area contributed by atoms with Gasteiger partial charge in [0.25, 0.3) is 0 Å². The molecule has 0 amide bonds. The number of carboxylic acids is 1. The van der Waals surface area contributed by atoms with Crippen LogP contribution < -0.4 is 5.32 Å². The highest BCUT2D eigenvalue weighted by atomic mass is 16.4. The van der Waals surface area contributed by atoms with Gasteiger partial charge in [-0.15, -0.1) is 0 Å². The molecule has 0 rings (SSSR count). The van der Waals surface area contributed by atoms with Crippen LogP contribution in [-0.2, 0) is 4.79 Å². The second kappa shape index (κ2) is 8.51. The van der Waals surface area contributed by atoms with E-state index in [0.29, 0.717) is 12.5 Å². The summed E-state index contributed by atoms with van der Waals surface area (Å²) in [6, 6.07) is 0.491.